The molecule has 0 bridgehead atoms. The maximum atomic E-state index is 12.8. The third-order valence-electron chi connectivity index (χ3n) is 1.96. The molecule has 0 aliphatic rings. The third-order valence-corrected chi connectivity index (χ3v) is 3.05. The molecule has 0 spiro atoms. The molecule has 1 aromatic rings. The molecular weight excluding hydrogens is 253 g/mol. The summed E-state index contributed by atoms with van der Waals surface area (Å²) in [6, 6.07) is 4.24. The maximum Gasteiger partial charge on any atom is 0.307 e. The van der Waals surface area contributed by atoms with Crippen LogP contribution in [0.3, 0.4) is 0 Å². The van der Waals surface area contributed by atoms with Crippen LogP contribution in [0.2, 0.25) is 0 Å². The number of halogens is 1. The van der Waals surface area contributed by atoms with Gasteiger partial charge >= 0.3 is 5.97 Å². The summed E-state index contributed by atoms with van der Waals surface area (Å²) < 4.78 is 18.0. The smallest absolute Gasteiger partial charge is 0.307 e. The number of carbonyl (C=O) groups excluding carboxylic acids is 1. The second kappa shape index (κ2) is 6.09. The zero-order chi connectivity index (χ0) is 13.8. The van der Waals surface area contributed by atoms with Crippen LogP contribution in [-0.4, -0.2) is 17.3 Å². The molecule has 0 saturated carbocycles. The Bertz CT molecular complexity index is 429. The quantitative estimate of drug-likeness (QED) is 0.519. The first-order valence-electron chi connectivity index (χ1n) is 5.67. The summed E-state index contributed by atoms with van der Waals surface area (Å²) in [5.74, 6) is -0.0373. The van der Waals surface area contributed by atoms with Crippen molar-refractivity contribution in [1.82, 2.24) is 0 Å². The van der Waals surface area contributed by atoms with E-state index in [0.717, 1.165) is 4.90 Å². The molecule has 2 N–H and O–H groups in total. The van der Waals surface area contributed by atoms with Crippen molar-refractivity contribution < 1.29 is 13.9 Å². The van der Waals surface area contributed by atoms with Crippen LogP contribution in [0, 0.1) is 5.82 Å². The van der Waals surface area contributed by atoms with Gasteiger partial charge in [-0.1, -0.05) is 0 Å². The zero-order valence-corrected chi connectivity index (χ0v) is 11.6. The van der Waals surface area contributed by atoms with E-state index in [9.17, 15) is 9.18 Å². The summed E-state index contributed by atoms with van der Waals surface area (Å²) >= 11 is 1.42. The number of nitrogens with two attached hydrogens (primary N) is 1. The van der Waals surface area contributed by atoms with E-state index in [2.05, 4.69) is 0 Å². The standard InChI is InChI=1S/C13H18FNO2S/c1-13(2,3)17-12(16)6-7-18-11-5-4-9(14)8-10(11)15/h4-5,8H,6-7,15H2,1-3H3. The normalized spacial score (nSPS) is 11.3. The van der Waals surface area contributed by atoms with Crippen molar-refractivity contribution in [3.63, 3.8) is 0 Å². The minimum absolute atomic E-state index is 0.240. The minimum Gasteiger partial charge on any atom is -0.460 e. The second-order valence-corrected chi connectivity index (χ2v) is 6.00. The number of esters is 1. The fraction of sp³-hybridized carbons (Fsp3) is 0.462. The molecule has 0 aliphatic heterocycles. The van der Waals surface area contributed by atoms with E-state index in [1.807, 2.05) is 20.8 Å². The van der Waals surface area contributed by atoms with Crippen molar-refractivity contribution in [2.45, 2.75) is 37.7 Å². The highest BCUT2D eigenvalue weighted by Crippen LogP contribution is 2.26. The fourth-order valence-electron chi connectivity index (χ4n) is 1.29. The molecule has 1 aromatic carbocycles. The Labute approximate surface area is 111 Å². The predicted molar refractivity (Wildman–Crippen MR) is 72.0 cm³/mol. The summed E-state index contributed by atoms with van der Waals surface area (Å²) in [7, 11) is 0. The van der Waals surface area contributed by atoms with Gasteiger partial charge in [0, 0.05) is 16.3 Å². The molecule has 0 atom stereocenters. The molecule has 18 heavy (non-hydrogen) atoms. The fourth-order valence-corrected chi connectivity index (χ4v) is 2.17. The van der Waals surface area contributed by atoms with Crippen molar-refractivity contribution >= 4 is 23.4 Å². The minimum atomic E-state index is -0.462. The first-order chi connectivity index (χ1) is 8.28. The van der Waals surface area contributed by atoms with Gasteiger partial charge in [-0.15, -0.1) is 11.8 Å². The van der Waals surface area contributed by atoms with Crippen molar-refractivity contribution in [1.29, 1.82) is 0 Å². The van der Waals surface area contributed by atoms with Gasteiger partial charge in [-0.05, 0) is 39.0 Å². The van der Waals surface area contributed by atoms with Gasteiger partial charge in [0.2, 0.25) is 0 Å². The van der Waals surface area contributed by atoms with Gasteiger partial charge in [-0.25, -0.2) is 4.39 Å². The van der Waals surface area contributed by atoms with E-state index in [1.54, 1.807) is 6.07 Å². The van der Waals surface area contributed by atoms with Gasteiger partial charge in [0.15, 0.2) is 0 Å². The summed E-state index contributed by atoms with van der Waals surface area (Å²) in [6.07, 6.45) is 0.304. The topological polar surface area (TPSA) is 52.3 Å². The number of rotatable bonds is 4. The van der Waals surface area contributed by atoms with E-state index in [-0.39, 0.29) is 11.8 Å². The number of thioether (sulfide) groups is 1. The number of hydrogen-bond donors (Lipinski definition) is 1. The highest BCUT2D eigenvalue weighted by Gasteiger charge is 2.15. The van der Waals surface area contributed by atoms with Gasteiger partial charge < -0.3 is 10.5 Å². The summed E-state index contributed by atoms with van der Waals surface area (Å²) in [5, 5.41) is 0. The van der Waals surface area contributed by atoms with E-state index in [1.165, 1.54) is 23.9 Å². The SMILES string of the molecule is CC(C)(C)OC(=O)CCSc1ccc(F)cc1N. The Morgan fingerprint density at radius 3 is 2.67 bits per heavy atom. The number of benzene rings is 1. The Morgan fingerprint density at radius 1 is 1.44 bits per heavy atom. The van der Waals surface area contributed by atoms with Crippen LogP contribution in [0.1, 0.15) is 27.2 Å². The lowest BCUT2D eigenvalue weighted by molar-refractivity contribution is -0.154. The van der Waals surface area contributed by atoms with Crippen LogP contribution >= 0.6 is 11.8 Å². The number of ether oxygens (including phenoxy) is 1. The molecule has 0 radical (unpaired) electrons. The van der Waals surface area contributed by atoms with Crippen LogP contribution in [0.5, 0.6) is 0 Å². The number of hydrogen-bond acceptors (Lipinski definition) is 4. The molecule has 0 aromatic heterocycles. The zero-order valence-electron chi connectivity index (χ0n) is 10.8. The van der Waals surface area contributed by atoms with E-state index in [0.29, 0.717) is 17.9 Å². The molecular formula is C13H18FNO2S. The molecule has 100 valence electrons. The van der Waals surface area contributed by atoms with Gasteiger partial charge in [-0.3, -0.25) is 4.79 Å². The lowest BCUT2D eigenvalue weighted by Gasteiger charge is -2.19. The van der Waals surface area contributed by atoms with E-state index < -0.39 is 5.60 Å². The molecule has 1 rings (SSSR count). The van der Waals surface area contributed by atoms with Gasteiger partial charge in [0.1, 0.15) is 11.4 Å². The van der Waals surface area contributed by atoms with Crippen LogP contribution in [0.15, 0.2) is 23.1 Å². The molecule has 0 heterocycles. The maximum absolute atomic E-state index is 12.8. The average molecular weight is 271 g/mol. The highest BCUT2D eigenvalue weighted by atomic mass is 32.2. The average Bonchev–Trinajstić information content (AvgIpc) is 2.18. The summed E-state index contributed by atoms with van der Waals surface area (Å²) in [6.45, 7) is 5.49. The Morgan fingerprint density at radius 2 is 2.11 bits per heavy atom. The van der Waals surface area contributed by atoms with Crippen molar-refractivity contribution in [3.05, 3.63) is 24.0 Å². The van der Waals surface area contributed by atoms with Crippen molar-refractivity contribution in [2.75, 3.05) is 11.5 Å². The van der Waals surface area contributed by atoms with Crippen LogP contribution in [0.25, 0.3) is 0 Å². The highest BCUT2D eigenvalue weighted by molar-refractivity contribution is 7.99. The second-order valence-electron chi connectivity index (χ2n) is 4.87. The molecule has 3 nitrogen and oxygen atoms in total. The summed E-state index contributed by atoms with van der Waals surface area (Å²) in [4.78, 5) is 12.2. The van der Waals surface area contributed by atoms with Crippen molar-refractivity contribution in [3.8, 4) is 0 Å². The van der Waals surface area contributed by atoms with Gasteiger partial charge in [-0.2, -0.15) is 0 Å². The number of anilines is 1. The van der Waals surface area contributed by atoms with Crippen LogP contribution in [-0.2, 0) is 9.53 Å². The lowest BCUT2D eigenvalue weighted by Crippen LogP contribution is -2.24. The molecule has 0 aliphatic carbocycles. The Balaban J connectivity index is 2.40. The molecule has 0 fully saturated rings. The lowest BCUT2D eigenvalue weighted by atomic mass is 10.2. The Kier molecular flexibility index (Phi) is 5.02. The first-order valence-corrected chi connectivity index (χ1v) is 6.66. The van der Waals surface area contributed by atoms with Gasteiger partial charge in [0.05, 0.1) is 6.42 Å². The number of carbonyl (C=O) groups is 1. The largest absolute Gasteiger partial charge is 0.460 e. The monoisotopic (exact) mass is 271 g/mol. The first kappa shape index (κ1) is 14.8. The molecule has 0 amide bonds. The molecule has 0 saturated heterocycles. The predicted octanol–water partition coefficient (Wildman–Crippen LogP) is 3.23. The number of nitrogen functional groups attached to an aromatic ring is 1. The van der Waals surface area contributed by atoms with Crippen LogP contribution < -0.4 is 5.73 Å². The van der Waals surface area contributed by atoms with E-state index >= 15 is 0 Å². The third kappa shape index (κ3) is 5.40. The van der Waals surface area contributed by atoms with E-state index in [4.69, 9.17) is 10.5 Å². The summed E-state index contributed by atoms with van der Waals surface area (Å²) in [5.41, 5.74) is 5.59. The molecule has 0 unspecified atom stereocenters. The van der Waals surface area contributed by atoms with Crippen LogP contribution in [0.4, 0.5) is 10.1 Å². The van der Waals surface area contributed by atoms with Gasteiger partial charge in [0.25, 0.3) is 0 Å². The Hall–Kier alpha value is -1.23. The molecule has 5 heteroatoms. The van der Waals surface area contributed by atoms with Crippen molar-refractivity contribution in [2.24, 2.45) is 0 Å².